The molecule has 0 aliphatic carbocycles. The van der Waals surface area contributed by atoms with Gasteiger partial charge in [0.25, 0.3) is 0 Å². The minimum Gasteiger partial charge on any atom is -0.497 e. The van der Waals surface area contributed by atoms with E-state index in [9.17, 15) is 14.7 Å². The maximum absolute atomic E-state index is 16.1. The second kappa shape index (κ2) is 19.9. The zero-order valence-corrected chi connectivity index (χ0v) is 40.1. The number of hydrogen-bond acceptors (Lipinski definition) is 14. The summed E-state index contributed by atoms with van der Waals surface area (Å²) in [5.74, 6) is 0.235. The van der Waals surface area contributed by atoms with Crippen LogP contribution in [0.4, 0.5) is 10.7 Å². The highest BCUT2D eigenvalue weighted by Gasteiger charge is 2.41. The molecule has 0 saturated heterocycles. The summed E-state index contributed by atoms with van der Waals surface area (Å²) in [7, 11) is -5.65. The van der Waals surface area contributed by atoms with Gasteiger partial charge in [0.1, 0.15) is 33.1 Å². The number of imidazole rings is 1. The number of amides is 2. The van der Waals surface area contributed by atoms with Crippen LogP contribution in [0, 0.1) is 0 Å². The van der Waals surface area contributed by atoms with Crippen molar-refractivity contribution >= 4 is 49.0 Å². The third-order valence-electron chi connectivity index (χ3n) is 11.1. The quantitative estimate of drug-likeness (QED) is 0.0724. The van der Waals surface area contributed by atoms with Crippen LogP contribution in [0.2, 0.25) is 0 Å². The monoisotopic (exact) mass is 981 g/mol. The molecule has 2 heterocycles. The average Bonchev–Trinajstić information content (AvgIpc) is 3.95. The van der Waals surface area contributed by atoms with E-state index in [1.807, 2.05) is 0 Å². The third-order valence-corrected chi connectivity index (χ3v) is 14.5. The zero-order valence-electron chi connectivity index (χ0n) is 38.4. The van der Waals surface area contributed by atoms with Crippen molar-refractivity contribution in [3.05, 3.63) is 120 Å². The van der Waals surface area contributed by atoms with Crippen LogP contribution in [0.15, 0.2) is 113 Å². The molecule has 7 N–H and O–H groups in total. The SMILES string of the molecule is COc1ccc(CN(Cc2ccc(OC)cc2)S(=O)(=O)c2c(S(=O)(=O)NC[C@H](C(N)=O)N(C(=O)O)C(C)(C)C)ccc(-c3cccc4[nH]c(N)nc34)c2-c2nnn(Cc3ccc(OC)cc3)n2)cc1. The molecule has 0 aliphatic heterocycles. The van der Waals surface area contributed by atoms with Crippen LogP contribution < -0.4 is 30.4 Å². The summed E-state index contributed by atoms with van der Waals surface area (Å²) < 4.78 is 81.8. The number of fused-ring (bicyclic) bond motifs is 1. The van der Waals surface area contributed by atoms with Gasteiger partial charge in [-0.25, -0.2) is 31.3 Å². The molecule has 2 amide bonds. The van der Waals surface area contributed by atoms with E-state index in [0.29, 0.717) is 45.0 Å². The first-order valence-corrected chi connectivity index (χ1v) is 24.1. The van der Waals surface area contributed by atoms with Crippen molar-refractivity contribution in [2.24, 2.45) is 5.73 Å². The summed E-state index contributed by atoms with van der Waals surface area (Å²) in [6.07, 6.45) is -1.55. The molecule has 23 heteroatoms. The number of H-pyrrole nitrogens is 1. The molecule has 0 bridgehead atoms. The Hall–Kier alpha value is -7.60. The van der Waals surface area contributed by atoms with Crippen LogP contribution in [-0.2, 0) is 44.5 Å². The number of nitrogen functional groups attached to an aromatic ring is 1. The molecular formula is C46H51N11O10S2. The fourth-order valence-corrected chi connectivity index (χ4v) is 11.2. The van der Waals surface area contributed by atoms with Gasteiger partial charge in [0.05, 0.1) is 44.5 Å². The smallest absolute Gasteiger partial charge is 0.408 e. The topological polar surface area (TPSA) is 293 Å². The molecule has 362 valence electrons. The minimum atomic E-state index is -5.09. The maximum atomic E-state index is 16.1. The fraction of sp³-hybridized carbons (Fsp3) is 0.261. The summed E-state index contributed by atoms with van der Waals surface area (Å²) in [5, 5.41) is 23.5. The number of hydrogen-bond donors (Lipinski definition) is 5. The Kier molecular flexibility index (Phi) is 14.2. The number of ether oxygens (including phenoxy) is 3. The number of carboxylic acid groups (broad SMARTS) is 1. The Labute approximate surface area is 398 Å². The number of primary amides is 1. The second-order valence-corrected chi connectivity index (χ2v) is 20.3. The molecule has 7 rings (SSSR count). The highest BCUT2D eigenvalue weighted by Crippen LogP contribution is 2.43. The number of benzene rings is 5. The maximum Gasteiger partial charge on any atom is 0.408 e. The number of sulfonamides is 2. The molecular weight excluding hydrogens is 931 g/mol. The van der Waals surface area contributed by atoms with Crippen molar-refractivity contribution in [1.29, 1.82) is 0 Å². The Morgan fingerprint density at radius 3 is 1.86 bits per heavy atom. The van der Waals surface area contributed by atoms with Crippen LogP contribution in [0.5, 0.6) is 17.2 Å². The summed E-state index contributed by atoms with van der Waals surface area (Å²) in [6, 6.07) is 26.2. The van der Waals surface area contributed by atoms with Crippen LogP contribution >= 0.6 is 0 Å². The standard InChI is InChI=1S/C46H51N11O10S2/c1-46(2,3)57(45(59)60)37(42(47)58)24-49-68(61,62)38-23-22-34(35-8-7-9-36-40(35)51-44(48)50-36)39(43-52-54-56(53-43)27-30-14-20-33(67-6)21-15-30)41(38)69(63,64)55(25-28-10-16-31(65-4)17-11-28)26-29-12-18-32(66-5)19-13-29/h7-23,37,49H,24-27H2,1-6H3,(H2,47,58)(H,59,60)(H3,48,50,51)/t37-/m1/s1. The van der Waals surface area contributed by atoms with Crippen molar-refractivity contribution in [3.63, 3.8) is 0 Å². The summed E-state index contributed by atoms with van der Waals surface area (Å²) in [4.78, 5) is 33.3. The number of anilines is 1. The molecule has 69 heavy (non-hydrogen) atoms. The van der Waals surface area contributed by atoms with E-state index in [0.717, 1.165) is 20.8 Å². The summed E-state index contributed by atoms with van der Waals surface area (Å²) in [6.45, 7) is 3.11. The molecule has 0 spiro atoms. The third kappa shape index (κ3) is 10.8. The predicted molar refractivity (Wildman–Crippen MR) is 255 cm³/mol. The van der Waals surface area contributed by atoms with E-state index < -0.39 is 60.0 Å². The average molecular weight is 982 g/mol. The Bertz CT molecular complexity index is 3160. The number of methoxy groups -OCH3 is 3. The highest BCUT2D eigenvalue weighted by atomic mass is 32.2. The number of nitrogens with one attached hydrogen (secondary N) is 2. The van der Waals surface area contributed by atoms with Gasteiger partial charge in [-0.05, 0) is 96.8 Å². The van der Waals surface area contributed by atoms with Gasteiger partial charge < -0.3 is 35.8 Å². The number of tetrazole rings is 1. The molecule has 5 aromatic carbocycles. The number of carbonyl (C=O) groups is 2. The van der Waals surface area contributed by atoms with E-state index in [2.05, 4.69) is 30.1 Å². The van der Waals surface area contributed by atoms with Gasteiger partial charge in [0.15, 0.2) is 5.95 Å². The molecule has 7 aromatic rings. The minimum absolute atomic E-state index is 0.0543. The second-order valence-electron chi connectivity index (χ2n) is 16.7. The normalized spacial score (nSPS) is 12.5. The first kappa shape index (κ1) is 49.3. The van der Waals surface area contributed by atoms with Gasteiger partial charge in [-0.2, -0.15) is 9.10 Å². The van der Waals surface area contributed by atoms with E-state index in [1.54, 1.807) is 91.0 Å². The number of rotatable bonds is 19. The molecule has 0 unspecified atom stereocenters. The highest BCUT2D eigenvalue weighted by molar-refractivity contribution is 7.92. The van der Waals surface area contributed by atoms with E-state index in [1.165, 1.54) is 53.0 Å². The van der Waals surface area contributed by atoms with Crippen molar-refractivity contribution in [3.8, 4) is 39.8 Å². The Morgan fingerprint density at radius 1 is 0.797 bits per heavy atom. The summed E-state index contributed by atoms with van der Waals surface area (Å²) >= 11 is 0. The fourth-order valence-electron chi connectivity index (χ4n) is 7.75. The van der Waals surface area contributed by atoms with Gasteiger partial charge in [-0.3, -0.25) is 9.69 Å². The molecule has 0 aliphatic rings. The number of nitrogens with zero attached hydrogens (tertiary/aromatic N) is 7. The number of aromatic amines is 1. The van der Waals surface area contributed by atoms with Crippen molar-refractivity contribution in [2.45, 2.75) is 61.8 Å². The lowest BCUT2D eigenvalue weighted by Gasteiger charge is -2.38. The molecule has 0 radical (unpaired) electrons. The Balaban J connectivity index is 1.51. The first-order chi connectivity index (χ1) is 32.7. The van der Waals surface area contributed by atoms with Crippen LogP contribution in [0.1, 0.15) is 37.5 Å². The van der Waals surface area contributed by atoms with E-state index in [4.69, 9.17) is 25.7 Å². The lowest BCUT2D eigenvalue weighted by atomic mass is 9.98. The van der Waals surface area contributed by atoms with Crippen LogP contribution in [0.25, 0.3) is 33.5 Å². The zero-order chi connectivity index (χ0) is 49.8. The van der Waals surface area contributed by atoms with Crippen molar-refractivity contribution in [2.75, 3.05) is 33.6 Å². The van der Waals surface area contributed by atoms with Gasteiger partial charge in [-0.1, -0.05) is 54.6 Å². The predicted octanol–water partition coefficient (Wildman–Crippen LogP) is 4.84. The van der Waals surface area contributed by atoms with Gasteiger partial charge >= 0.3 is 6.09 Å². The number of para-hydroxylation sites is 1. The number of nitrogens with two attached hydrogens (primary N) is 2. The van der Waals surface area contributed by atoms with Crippen molar-refractivity contribution in [1.82, 2.24) is 44.1 Å². The van der Waals surface area contributed by atoms with Gasteiger partial charge in [0, 0.05) is 30.7 Å². The molecule has 1 atom stereocenters. The summed E-state index contributed by atoms with van der Waals surface area (Å²) in [5.41, 5.74) is 13.3. The molecule has 21 nitrogen and oxygen atoms in total. The molecule has 2 aromatic heterocycles. The van der Waals surface area contributed by atoms with E-state index >= 15 is 16.8 Å². The number of aromatic nitrogens is 6. The van der Waals surface area contributed by atoms with E-state index in [-0.39, 0.29) is 42.5 Å². The largest absolute Gasteiger partial charge is 0.497 e. The van der Waals surface area contributed by atoms with Crippen molar-refractivity contribution < 1.29 is 45.7 Å². The lowest BCUT2D eigenvalue weighted by Crippen LogP contribution is -2.59. The Morgan fingerprint density at radius 2 is 1.35 bits per heavy atom. The van der Waals surface area contributed by atoms with Gasteiger partial charge in [0.2, 0.25) is 31.8 Å². The number of carbonyl (C=O) groups excluding carboxylic acids is 1. The first-order valence-electron chi connectivity index (χ1n) is 21.1. The van der Waals surface area contributed by atoms with Crippen LogP contribution in [0.3, 0.4) is 0 Å². The molecule has 0 saturated carbocycles. The lowest BCUT2D eigenvalue weighted by molar-refractivity contribution is -0.124. The van der Waals surface area contributed by atoms with Gasteiger partial charge in [-0.15, -0.1) is 10.2 Å². The molecule has 0 fully saturated rings. The van der Waals surface area contributed by atoms with Crippen LogP contribution in [-0.4, -0.2) is 113 Å².